The lowest BCUT2D eigenvalue weighted by molar-refractivity contribution is -0.126. The molecule has 1 fully saturated rings. The lowest BCUT2D eigenvalue weighted by Crippen LogP contribution is -2.32. The highest BCUT2D eigenvalue weighted by Gasteiger charge is 2.35. The van der Waals surface area contributed by atoms with Crippen LogP contribution in [0.15, 0.2) is 77.5 Å². The molecule has 2 aromatic carbocycles. The van der Waals surface area contributed by atoms with E-state index in [9.17, 15) is 9.59 Å². The summed E-state index contributed by atoms with van der Waals surface area (Å²) >= 11 is 3.42. The molecular weight excluding hydrogens is 458 g/mol. The third-order valence-corrected chi connectivity index (χ3v) is 5.63. The van der Waals surface area contributed by atoms with Crippen molar-refractivity contribution in [3.8, 4) is 5.75 Å². The minimum Gasteiger partial charge on any atom is -0.489 e. The monoisotopic (exact) mass is 479 g/mol. The predicted octanol–water partition coefficient (Wildman–Crippen LogP) is 4.09. The van der Waals surface area contributed by atoms with Gasteiger partial charge in [0, 0.05) is 47.6 Å². The summed E-state index contributed by atoms with van der Waals surface area (Å²) in [4.78, 5) is 30.7. The first-order chi connectivity index (χ1) is 15.1. The molecule has 0 aliphatic carbocycles. The van der Waals surface area contributed by atoms with Gasteiger partial charge in [-0.05, 0) is 42.0 Å². The van der Waals surface area contributed by atoms with Gasteiger partial charge in [-0.2, -0.15) is 0 Å². The van der Waals surface area contributed by atoms with Gasteiger partial charge in [0.1, 0.15) is 12.4 Å². The molecule has 0 saturated carbocycles. The van der Waals surface area contributed by atoms with E-state index in [-0.39, 0.29) is 24.2 Å². The van der Waals surface area contributed by atoms with Crippen molar-refractivity contribution in [2.24, 2.45) is 5.92 Å². The first kappa shape index (κ1) is 21.1. The number of anilines is 1. The maximum atomic E-state index is 12.6. The Hall–Kier alpha value is -3.19. The van der Waals surface area contributed by atoms with Gasteiger partial charge in [-0.15, -0.1) is 0 Å². The Bertz CT molecular complexity index is 1060. The van der Waals surface area contributed by atoms with Crippen LogP contribution in [0.1, 0.15) is 17.5 Å². The molecule has 1 N–H and O–H groups in total. The lowest BCUT2D eigenvalue weighted by Gasteiger charge is -2.17. The topological polar surface area (TPSA) is 71.5 Å². The first-order valence-corrected chi connectivity index (χ1v) is 10.8. The highest BCUT2D eigenvalue weighted by Crippen LogP contribution is 2.27. The lowest BCUT2D eigenvalue weighted by atomic mass is 10.1. The molecule has 3 aromatic rings. The van der Waals surface area contributed by atoms with Crippen molar-refractivity contribution in [2.75, 3.05) is 11.4 Å². The van der Waals surface area contributed by atoms with Crippen LogP contribution in [-0.4, -0.2) is 23.3 Å². The summed E-state index contributed by atoms with van der Waals surface area (Å²) in [5, 5.41) is 2.95. The second-order valence-electron chi connectivity index (χ2n) is 7.40. The minimum absolute atomic E-state index is 0.0339. The zero-order valence-electron chi connectivity index (χ0n) is 16.8. The molecule has 0 spiro atoms. The Kier molecular flexibility index (Phi) is 6.62. The number of hydrogen-bond acceptors (Lipinski definition) is 4. The summed E-state index contributed by atoms with van der Waals surface area (Å²) in [6.07, 6.45) is 3.72. The number of halogens is 1. The summed E-state index contributed by atoms with van der Waals surface area (Å²) in [6.45, 7) is 1.25. The van der Waals surface area contributed by atoms with Crippen molar-refractivity contribution in [2.45, 2.75) is 19.6 Å². The molecule has 1 unspecified atom stereocenters. The molecule has 0 bridgehead atoms. The summed E-state index contributed by atoms with van der Waals surface area (Å²) in [5.41, 5.74) is 2.77. The third-order valence-electron chi connectivity index (χ3n) is 5.13. The summed E-state index contributed by atoms with van der Waals surface area (Å²) in [6, 6.07) is 19.0. The van der Waals surface area contributed by atoms with E-state index < -0.39 is 0 Å². The van der Waals surface area contributed by atoms with Crippen molar-refractivity contribution in [3.05, 3.63) is 88.7 Å². The average Bonchev–Trinajstić information content (AvgIpc) is 3.19. The number of ether oxygens (including phenoxy) is 1. The zero-order chi connectivity index (χ0) is 21.6. The van der Waals surface area contributed by atoms with E-state index in [1.165, 1.54) is 0 Å². The quantitative estimate of drug-likeness (QED) is 0.553. The fourth-order valence-corrected chi connectivity index (χ4v) is 3.85. The van der Waals surface area contributed by atoms with Gasteiger partial charge >= 0.3 is 0 Å². The number of hydrogen-bond donors (Lipinski definition) is 1. The number of amides is 2. The van der Waals surface area contributed by atoms with E-state index >= 15 is 0 Å². The van der Waals surface area contributed by atoms with Gasteiger partial charge in [0.05, 0.1) is 5.92 Å². The maximum absolute atomic E-state index is 12.6. The Morgan fingerprint density at radius 1 is 1.13 bits per heavy atom. The maximum Gasteiger partial charge on any atom is 0.227 e. The van der Waals surface area contributed by atoms with E-state index in [1.807, 2.05) is 60.7 Å². The van der Waals surface area contributed by atoms with Crippen LogP contribution in [0.4, 0.5) is 5.69 Å². The predicted molar refractivity (Wildman–Crippen MR) is 121 cm³/mol. The SMILES string of the molecule is O=C(NCc1ccc(OCc2cccnc2)cc1)C1CC(=O)N(c2cccc(Br)c2)C1. The summed E-state index contributed by atoms with van der Waals surface area (Å²) in [7, 11) is 0. The minimum atomic E-state index is -0.353. The smallest absolute Gasteiger partial charge is 0.227 e. The normalized spacial score (nSPS) is 15.7. The van der Waals surface area contributed by atoms with Gasteiger partial charge in [0.25, 0.3) is 0 Å². The largest absolute Gasteiger partial charge is 0.489 e. The number of rotatable bonds is 7. The molecule has 1 aliphatic rings. The second-order valence-corrected chi connectivity index (χ2v) is 8.31. The van der Waals surface area contributed by atoms with Gasteiger partial charge < -0.3 is 15.0 Å². The third kappa shape index (κ3) is 5.49. The highest BCUT2D eigenvalue weighted by atomic mass is 79.9. The van der Waals surface area contributed by atoms with Crippen LogP contribution in [0.25, 0.3) is 0 Å². The average molecular weight is 480 g/mol. The number of pyridine rings is 1. The Balaban J connectivity index is 1.27. The van der Waals surface area contributed by atoms with E-state index in [2.05, 4.69) is 26.2 Å². The first-order valence-electron chi connectivity index (χ1n) is 10.0. The van der Waals surface area contributed by atoms with Gasteiger partial charge in [-0.25, -0.2) is 0 Å². The molecule has 7 heteroatoms. The van der Waals surface area contributed by atoms with E-state index in [1.54, 1.807) is 17.3 Å². The molecule has 2 amide bonds. The van der Waals surface area contributed by atoms with E-state index in [0.29, 0.717) is 19.7 Å². The van der Waals surface area contributed by atoms with Crippen LogP contribution < -0.4 is 15.0 Å². The van der Waals surface area contributed by atoms with Gasteiger partial charge in [0.15, 0.2) is 0 Å². The Morgan fingerprint density at radius 2 is 1.97 bits per heavy atom. The van der Waals surface area contributed by atoms with Crippen LogP contribution >= 0.6 is 15.9 Å². The van der Waals surface area contributed by atoms with Crippen LogP contribution in [-0.2, 0) is 22.7 Å². The Morgan fingerprint density at radius 3 is 2.71 bits per heavy atom. The molecule has 0 radical (unpaired) electrons. The molecule has 1 aliphatic heterocycles. The van der Waals surface area contributed by atoms with Crippen LogP contribution in [0.2, 0.25) is 0 Å². The number of nitrogens with zero attached hydrogens (tertiary/aromatic N) is 2. The standard InChI is InChI=1S/C24H22BrN3O3/c25-20-4-1-5-21(12-20)28-15-19(11-23(28)29)24(30)27-14-17-6-8-22(9-7-17)31-16-18-3-2-10-26-13-18/h1-10,12-13,19H,11,14-16H2,(H,27,30). The fraction of sp³-hybridized carbons (Fsp3) is 0.208. The number of nitrogens with one attached hydrogen (secondary N) is 1. The number of carbonyl (C=O) groups excluding carboxylic acids is 2. The van der Waals surface area contributed by atoms with Gasteiger partial charge in [0.2, 0.25) is 11.8 Å². The van der Waals surface area contributed by atoms with Crippen LogP contribution in [0, 0.1) is 5.92 Å². The number of benzene rings is 2. The molecule has 31 heavy (non-hydrogen) atoms. The molecule has 1 saturated heterocycles. The molecule has 158 valence electrons. The molecular formula is C24H22BrN3O3. The number of carbonyl (C=O) groups is 2. The second kappa shape index (κ2) is 9.75. The van der Waals surface area contributed by atoms with Gasteiger partial charge in [-0.3, -0.25) is 14.6 Å². The molecule has 6 nitrogen and oxygen atoms in total. The molecule has 1 aromatic heterocycles. The van der Waals surface area contributed by atoms with E-state index in [0.717, 1.165) is 27.0 Å². The van der Waals surface area contributed by atoms with Crippen LogP contribution in [0.3, 0.4) is 0 Å². The van der Waals surface area contributed by atoms with Gasteiger partial charge in [-0.1, -0.05) is 40.2 Å². The van der Waals surface area contributed by atoms with Crippen molar-refractivity contribution in [1.82, 2.24) is 10.3 Å². The van der Waals surface area contributed by atoms with Crippen molar-refractivity contribution in [1.29, 1.82) is 0 Å². The summed E-state index contributed by atoms with van der Waals surface area (Å²) in [5.74, 6) is 0.259. The van der Waals surface area contributed by atoms with Crippen molar-refractivity contribution in [3.63, 3.8) is 0 Å². The van der Waals surface area contributed by atoms with Crippen LogP contribution in [0.5, 0.6) is 5.75 Å². The fourth-order valence-electron chi connectivity index (χ4n) is 3.46. The summed E-state index contributed by atoms with van der Waals surface area (Å²) < 4.78 is 6.66. The molecule has 2 heterocycles. The molecule has 1 atom stereocenters. The molecule has 4 rings (SSSR count). The zero-order valence-corrected chi connectivity index (χ0v) is 18.4. The highest BCUT2D eigenvalue weighted by molar-refractivity contribution is 9.10. The van der Waals surface area contributed by atoms with Crippen molar-refractivity contribution < 1.29 is 14.3 Å². The Labute approximate surface area is 189 Å². The van der Waals surface area contributed by atoms with Crippen molar-refractivity contribution >= 4 is 33.4 Å². The number of aromatic nitrogens is 1. The van der Waals surface area contributed by atoms with E-state index in [4.69, 9.17) is 4.74 Å².